The molecule has 0 saturated carbocycles. The largest absolute Gasteiger partial charge is 0.506 e. The van der Waals surface area contributed by atoms with Gasteiger partial charge in [0.1, 0.15) is 12.4 Å². The minimum Gasteiger partial charge on any atom is -0.506 e. The number of aryl methyl sites for hydroxylation is 2. The van der Waals surface area contributed by atoms with Crippen LogP contribution < -0.4 is 10.9 Å². The fourth-order valence-electron chi connectivity index (χ4n) is 5.42. The number of aromatic hydroxyl groups is 1. The fourth-order valence-corrected chi connectivity index (χ4v) is 5.42. The molecular weight excluding hydrogens is 620 g/mol. The Morgan fingerprint density at radius 1 is 0.915 bits per heavy atom. The van der Waals surface area contributed by atoms with Crippen molar-refractivity contribution in [2.24, 2.45) is 0 Å². The zero-order chi connectivity index (χ0) is 34.2. The molecule has 47 heavy (non-hydrogen) atoms. The van der Waals surface area contributed by atoms with Gasteiger partial charge in [0.15, 0.2) is 0 Å². The molecule has 250 valence electrons. The number of aliphatic hydroxyl groups excluding tert-OH is 3. The molecule has 0 spiro atoms. The third-order valence-electron chi connectivity index (χ3n) is 7.64. The highest BCUT2D eigenvalue weighted by molar-refractivity contribution is 5.92. The fraction of sp³-hybridized carbons (Fsp3) is 0.344. The van der Waals surface area contributed by atoms with E-state index >= 15 is 0 Å². The van der Waals surface area contributed by atoms with Crippen molar-refractivity contribution in [3.8, 4) is 5.75 Å². The summed E-state index contributed by atoms with van der Waals surface area (Å²) >= 11 is 0. The van der Waals surface area contributed by atoms with Crippen molar-refractivity contribution in [2.45, 2.75) is 57.9 Å². The SMILES string of the molecule is CCc1cc2c(cc1CC)CC(NC[C@H](O)c1ccc(O)c3c1ccc(=O)n3C(O)C(=O)OOC(=O)/C=C\C(=O)OOC(=O)CO)C2. The molecule has 1 aliphatic rings. The lowest BCUT2D eigenvalue weighted by Gasteiger charge is -2.20. The topological polar surface area (TPSA) is 220 Å². The summed E-state index contributed by atoms with van der Waals surface area (Å²) in [4.78, 5) is 75.4. The Labute approximate surface area is 267 Å². The normalized spacial score (nSPS) is 14.1. The zero-order valence-corrected chi connectivity index (χ0v) is 25.5. The monoisotopic (exact) mass is 654 g/mol. The zero-order valence-electron chi connectivity index (χ0n) is 25.5. The quantitative estimate of drug-likeness (QED) is 0.109. The van der Waals surface area contributed by atoms with Gasteiger partial charge in [0.25, 0.3) is 5.56 Å². The number of pyridine rings is 1. The van der Waals surface area contributed by atoms with Crippen LogP contribution in [-0.2, 0) is 64.4 Å². The van der Waals surface area contributed by atoms with Crippen LogP contribution in [0, 0.1) is 0 Å². The molecule has 2 aromatic carbocycles. The summed E-state index contributed by atoms with van der Waals surface area (Å²) in [6, 6.07) is 9.59. The number of fused-ring (bicyclic) bond motifs is 2. The highest BCUT2D eigenvalue weighted by atomic mass is 17.2. The van der Waals surface area contributed by atoms with Crippen LogP contribution in [0.4, 0.5) is 0 Å². The number of carbonyl (C=O) groups excluding carboxylic acids is 4. The van der Waals surface area contributed by atoms with Gasteiger partial charge >= 0.3 is 23.9 Å². The van der Waals surface area contributed by atoms with Gasteiger partial charge in [-0.2, -0.15) is 0 Å². The Morgan fingerprint density at radius 2 is 1.51 bits per heavy atom. The maximum Gasteiger partial charge on any atom is 0.404 e. The van der Waals surface area contributed by atoms with E-state index in [0.717, 1.165) is 31.7 Å². The average Bonchev–Trinajstić information content (AvgIpc) is 3.48. The van der Waals surface area contributed by atoms with Crippen molar-refractivity contribution >= 4 is 34.8 Å². The summed E-state index contributed by atoms with van der Waals surface area (Å²) < 4.78 is 0.497. The molecule has 15 nitrogen and oxygen atoms in total. The second-order valence-electron chi connectivity index (χ2n) is 10.6. The maximum absolute atomic E-state index is 12.7. The predicted octanol–water partition coefficient (Wildman–Crippen LogP) is 0.664. The van der Waals surface area contributed by atoms with Crippen LogP contribution in [0.3, 0.4) is 0 Å². The molecule has 15 heteroatoms. The summed E-state index contributed by atoms with van der Waals surface area (Å²) in [5.74, 6) is -6.23. The van der Waals surface area contributed by atoms with Gasteiger partial charge in [-0.05, 0) is 65.6 Å². The smallest absolute Gasteiger partial charge is 0.404 e. The van der Waals surface area contributed by atoms with Crippen LogP contribution >= 0.6 is 0 Å². The molecule has 5 N–H and O–H groups in total. The minimum atomic E-state index is -2.42. The number of nitrogens with one attached hydrogen (secondary N) is 1. The van der Waals surface area contributed by atoms with Gasteiger partial charge in [0.05, 0.1) is 11.6 Å². The molecule has 1 aromatic heterocycles. The number of phenols is 1. The molecule has 0 fully saturated rings. The molecule has 4 rings (SSSR count). The molecule has 0 aliphatic heterocycles. The van der Waals surface area contributed by atoms with Gasteiger partial charge in [-0.15, -0.1) is 0 Å². The third kappa shape index (κ3) is 8.20. The van der Waals surface area contributed by atoms with Gasteiger partial charge in [-0.3, -0.25) is 9.36 Å². The lowest BCUT2D eigenvalue weighted by Crippen LogP contribution is -2.33. The first-order valence-corrected chi connectivity index (χ1v) is 14.7. The van der Waals surface area contributed by atoms with Crippen molar-refractivity contribution < 1.29 is 59.2 Å². The summed E-state index contributed by atoms with van der Waals surface area (Å²) in [6.07, 6.45) is 0.827. The van der Waals surface area contributed by atoms with E-state index in [1.165, 1.54) is 40.5 Å². The van der Waals surface area contributed by atoms with Crippen LogP contribution in [0.25, 0.3) is 10.9 Å². The molecule has 0 radical (unpaired) electrons. The summed E-state index contributed by atoms with van der Waals surface area (Å²) in [5.41, 5.74) is 4.28. The average molecular weight is 655 g/mol. The van der Waals surface area contributed by atoms with Gasteiger partial charge in [0.2, 0.25) is 6.23 Å². The minimum absolute atomic E-state index is 0.0848. The number of aromatic nitrogens is 1. The Bertz CT molecular complexity index is 1730. The highest BCUT2D eigenvalue weighted by Crippen LogP contribution is 2.32. The lowest BCUT2D eigenvalue weighted by molar-refractivity contribution is -0.263. The number of phenolic OH excluding ortho intramolecular Hbond substituents is 1. The molecule has 1 heterocycles. The standard InChI is InChI=1S/C32H34N2O13/c1-3-17-11-19-13-21(14-20(19)12-18(17)4-2)33-15-25(37)22-5-7-24(36)30-23(22)6-8-26(38)34(30)31(42)32(43)47-45-28(40)10-9-27(39)44-46-29(41)16-35/h5-12,21,25,31,33,35-37,42H,3-4,13-16H2,1-2H3/b10-9-/t25-,31?/m0/s1. The first kappa shape index (κ1) is 34.8. The van der Waals surface area contributed by atoms with Crippen molar-refractivity contribution in [1.29, 1.82) is 0 Å². The summed E-state index contributed by atoms with van der Waals surface area (Å²) in [6.45, 7) is 3.33. The molecule has 0 amide bonds. The van der Waals surface area contributed by atoms with Crippen molar-refractivity contribution in [2.75, 3.05) is 13.2 Å². The van der Waals surface area contributed by atoms with E-state index in [4.69, 9.17) is 5.11 Å². The Balaban J connectivity index is 1.44. The van der Waals surface area contributed by atoms with Gasteiger partial charge in [0, 0.05) is 36.2 Å². The van der Waals surface area contributed by atoms with Crippen molar-refractivity contribution in [1.82, 2.24) is 9.88 Å². The number of hydrogen-bond donors (Lipinski definition) is 5. The van der Waals surface area contributed by atoms with Crippen LogP contribution in [0.5, 0.6) is 5.75 Å². The number of hydrogen-bond acceptors (Lipinski definition) is 14. The number of benzene rings is 2. The molecule has 2 atom stereocenters. The van der Waals surface area contributed by atoms with Gasteiger partial charge in [-0.1, -0.05) is 32.0 Å². The van der Waals surface area contributed by atoms with E-state index in [2.05, 4.69) is 50.8 Å². The number of nitrogens with zero attached hydrogens (tertiary/aromatic N) is 1. The second-order valence-corrected chi connectivity index (χ2v) is 10.6. The van der Waals surface area contributed by atoms with Crippen LogP contribution in [-0.4, -0.2) is 68.1 Å². The Hall–Kier alpha value is -5.09. The first-order chi connectivity index (χ1) is 22.5. The molecule has 0 bridgehead atoms. The number of aliphatic hydroxyl groups is 3. The summed E-state index contributed by atoms with van der Waals surface area (Å²) in [5, 5.41) is 44.5. The van der Waals surface area contributed by atoms with Crippen LogP contribution in [0.2, 0.25) is 0 Å². The predicted molar refractivity (Wildman–Crippen MR) is 161 cm³/mol. The van der Waals surface area contributed by atoms with E-state index in [1.54, 1.807) is 0 Å². The Morgan fingerprint density at radius 3 is 2.09 bits per heavy atom. The van der Waals surface area contributed by atoms with Crippen LogP contribution in [0.1, 0.15) is 54.0 Å². The number of rotatable bonds is 11. The second kappa shape index (κ2) is 15.5. The molecule has 3 aromatic rings. The van der Waals surface area contributed by atoms with Gasteiger partial charge in [-0.25, -0.2) is 38.7 Å². The third-order valence-corrected chi connectivity index (χ3v) is 7.64. The molecule has 1 unspecified atom stereocenters. The number of carbonyl (C=O) groups is 4. The van der Waals surface area contributed by atoms with E-state index in [9.17, 15) is 39.3 Å². The van der Waals surface area contributed by atoms with Crippen molar-refractivity contribution in [3.05, 3.63) is 86.7 Å². The molecule has 0 saturated heterocycles. The Kier molecular flexibility index (Phi) is 11.4. The van der Waals surface area contributed by atoms with E-state index in [-0.39, 0.29) is 23.5 Å². The van der Waals surface area contributed by atoms with Gasteiger partial charge < -0.3 is 25.7 Å². The van der Waals surface area contributed by atoms with E-state index in [0.29, 0.717) is 22.3 Å². The van der Waals surface area contributed by atoms with E-state index < -0.39 is 54.1 Å². The van der Waals surface area contributed by atoms with Crippen LogP contribution in [0.15, 0.2) is 53.3 Å². The highest BCUT2D eigenvalue weighted by Gasteiger charge is 2.28. The van der Waals surface area contributed by atoms with E-state index in [1.807, 2.05) is 0 Å². The lowest BCUT2D eigenvalue weighted by atomic mass is 9.97. The molecule has 1 aliphatic carbocycles. The first-order valence-electron chi connectivity index (χ1n) is 14.7. The maximum atomic E-state index is 12.7. The summed E-state index contributed by atoms with van der Waals surface area (Å²) in [7, 11) is 0. The van der Waals surface area contributed by atoms with Crippen molar-refractivity contribution in [3.63, 3.8) is 0 Å². The molecular formula is C32H34N2O13.